The SMILES string of the molecule is CCSc1n[n+]2c(c(=O)[nH]1)-c1ccccc1N(C(C)=O)C2c1ccc(SC)cc1. The summed E-state index contributed by atoms with van der Waals surface area (Å²) in [5.74, 6) is 0.670. The molecule has 6 nitrogen and oxygen atoms in total. The van der Waals surface area contributed by atoms with Gasteiger partial charge in [0.1, 0.15) is 0 Å². The summed E-state index contributed by atoms with van der Waals surface area (Å²) in [6, 6.07) is 15.5. The molecule has 0 radical (unpaired) electrons. The van der Waals surface area contributed by atoms with Gasteiger partial charge in [-0.1, -0.05) is 30.8 Å². The number of para-hydroxylation sites is 1. The first-order valence-electron chi connectivity index (χ1n) is 9.27. The Kier molecular flexibility index (Phi) is 5.47. The summed E-state index contributed by atoms with van der Waals surface area (Å²) in [7, 11) is 0. The van der Waals surface area contributed by atoms with Crippen LogP contribution in [0.5, 0.6) is 0 Å². The molecule has 1 aliphatic rings. The fraction of sp³-hybridized carbons (Fsp3) is 0.238. The van der Waals surface area contributed by atoms with Gasteiger partial charge in [-0.25, -0.2) is 4.90 Å². The number of amides is 1. The van der Waals surface area contributed by atoms with Gasteiger partial charge in [-0.15, -0.1) is 11.8 Å². The standard InChI is InChI=1S/C21H20N4O2S2/c1-4-29-21-22-19(27)18-16-7-5-6-8-17(16)24(13(2)26)20(25(18)23-21)14-9-11-15(28-3)12-10-14/h5-12,20H,4H2,1-3H3/p+1. The lowest BCUT2D eigenvalue weighted by Crippen LogP contribution is -2.60. The van der Waals surface area contributed by atoms with Crippen LogP contribution in [0.25, 0.3) is 11.3 Å². The first-order valence-corrected chi connectivity index (χ1v) is 11.5. The quantitative estimate of drug-likeness (QED) is 0.512. The van der Waals surface area contributed by atoms with Crippen LogP contribution in [-0.2, 0) is 4.79 Å². The number of carbonyl (C=O) groups excluding carboxylic acids is 1. The maximum absolute atomic E-state index is 13.0. The third kappa shape index (κ3) is 3.47. The maximum atomic E-state index is 13.0. The van der Waals surface area contributed by atoms with Gasteiger partial charge in [0.05, 0.1) is 11.3 Å². The van der Waals surface area contributed by atoms with E-state index in [1.165, 1.54) is 11.8 Å². The van der Waals surface area contributed by atoms with E-state index in [4.69, 9.17) is 5.10 Å². The van der Waals surface area contributed by atoms with Crippen LogP contribution in [0.3, 0.4) is 0 Å². The van der Waals surface area contributed by atoms with E-state index in [-0.39, 0.29) is 11.5 Å². The molecular weight excluding hydrogens is 404 g/mol. The first kappa shape index (κ1) is 19.7. The fourth-order valence-corrected chi connectivity index (χ4v) is 4.58. The summed E-state index contributed by atoms with van der Waals surface area (Å²) in [4.78, 5) is 31.5. The van der Waals surface area contributed by atoms with Gasteiger partial charge in [0.15, 0.2) is 0 Å². The number of aromatic nitrogens is 3. The molecule has 1 aromatic heterocycles. The van der Waals surface area contributed by atoms with Gasteiger partial charge in [0.25, 0.3) is 6.17 Å². The smallest absolute Gasteiger partial charge is 0.291 e. The van der Waals surface area contributed by atoms with Crippen molar-refractivity contribution < 1.29 is 9.48 Å². The molecule has 2 aromatic carbocycles. The molecule has 0 saturated heterocycles. The normalized spacial score (nSPS) is 15.0. The van der Waals surface area contributed by atoms with Crippen LogP contribution < -0.4 is 15.1 Å². The number of fused-ring (bicyclic) bond motifs is 3. The largest absolute Gasteiger partial charge is 0.325 e. The predicted molar refractivity (Wildman–Crippen MR) is 116 cm³/mol. The molecule has 1 amide bonds. The highest BCUT2D eigenvalue weighted by molar-refractivity contribution is 7.99. The van der Waals surface area contributed by atoms with Crippen LogP contribution in [0.4, 0.5) is 5.69 Å². The third-order valence-corrected chi connectivity index (χ3v) is 6.28. The van der Waals surface area contributed by atoms with E-state index in [9.17, 15) is 9.59 Å². The van der Waals surface area contributed by atoms with E-state index in [0.29, 0.717) is 22.1 Å². The zero-order valence-electron chi connectivity index (χ0n) is 16.4. The van der Waals surface area contributed by atoms with Crippen molar-refractivity contribution in [3.8, 4) is 11.3 Å². The molecule has 8 heteroatoms. The monoisotopic (exact) mass is 425 g/mol. The van der Waals surface area contributed by atoms with Gasteiger partial charge in [-0.05, 0) is 53.1 Å². The van der Waals surface area contributed by atoms with E-state index >= 15 is 0 Å². The summed E-state index contributed by atoms with van der Waals surface area (Å²) >= 11 is 3.12. The van der Waals surface area contributed by atoms with Crippen molar-refractivity contribution in [3.05, 3.63) is 64.4 Å². The Morgan fingerprint density at radius 3 is 2.59 bits per heavy atom. The molecule has 1 N–H and O–H groups in total. The minimum absolute atomic E-state index is 0.110. The van der Waals surface area contributed by atoms with Crippen LogP contribution >= 0.6 is 23.5 Å². The molecule has 0 saturated carbocycles. The van der Waals surface area contributed by atoms with Crippen LogP contribution in [0.15, 0.2) is 63.4 Å². The van der Waals surface area contributed by atoms with Gasteiger partial charge < -0.3 is 0 Å². The van der Waals surface area contributed by atoms with Crippen molar-refractivity contribution in [2.24, 2.45) is 0 Å². The summed E-state index contributed by atoms with van der Waals surface area (Å²) < 4.78 is 1.69. The number of anilines is 1. The second-order valence-electron chi connectivity index (χ2n) is 6.54. The Labute approximate surface area is 177 Å². The molecule has 2 heterocycles. The van der Waals surface area contributed by atoms with Crippen molar-refractivity contribution in [2.45, 2.75) is 30.1 Å². The maximum Gasteiger partial charge on any atom is 0.325 e. The number of hydrogen-bond acceptors (Lipinski definition) is 5. The lowest BCUT2D eigenvalue weighted by molar-refractivity contribution is -0.763. The zero-order chi connectivity index (χ0) is 20.5. The number of H-pyrrole nitrogens is 1. The topological polar surface area (TPSA) is 69.9 Å². The molecule has 0 spiro atoms. The molecule has 4 rings (SSSR count). The van der Waals surface area contributed by atoms with Crippen LogP contribution in [0.1, 0.15) is 25.6 Å². The Bertz CT molecular complexity index is 1130. The Morgan fingerprint density at radius 1 is 1.21 bits per heavy atom. The lowest BCUT2D eigenvalue weighted by atomic mass is 10.0. The number of thioether (sulfide) groups is 2. The second-order valence-corrected chi connectivity index (χ2v) is 8.67. The molecule has 0 aliphatic carbocycles. The van der Waals surface area contributed by atoms with Gasteiger partial charge >= 0.3 is 11.3 Å². The molecular formula is C21H21N4O2S2+. The summed E-state index contributed by atoms with van der Waals surface area (Å²) in [5.41, 5.74) is 2.54. The number of benzene rings is 2. The number of hydrogen-bond donors (Lipinski definition) is 1. The summed E-state index contributed by atoms with van der Waals surface area (Å²) in [6.07, 6.45) is 1.49. The average Bonchev–Trinajstić information content (AvgIpc) is 2.72. The number of carbonyl (C=O) groups is 1. The molecule has 1 atom stereocenters. The highest BCUT2D eigenvalue weighted by Crippen LogP contribution is 2.37. The van der Waals surface area contributed by atoms with E-state index in [1.54, 1.807) is 28.3 Å². The molecule has 0 bridgehead atoms. The van der Waals surface area contributed by atoms with Crippen LogP contribution in [-0.4, -0.2) is 28.0 Å². The first-order chi connectivity index (χ1) is 14.0. The fourth-order valence-electron chi connectivity index (χ4n) is 3.59. The highest BCUT2D eigenvalue weighted by atomic mass is 32.2. The van der Waals surface area contributed by atoms with Gasteiger partial charge in [0, 0.05) is 22.5 Å². The summed E-state index contributed by atoms with van der Waals surface area (Å²) in [6.45, 7) is 3.55. The average molecular weight is 426 g/mol. The van der Waals surface area contributed by atoms with E-state index < -0.39 is 6.17 Å². The molecule has 1 aliphatic heterocycles. The zero-order valence-corrected chi connectivity index (χ0v) is 18.0. The van der Waals surface area contributed by atoms with Crippen LogP contribution in [0.2, 0.25) is 0 Å². The van der Waals surface area contributed by atoms with Crippen molar-refractivity contribution in [3.63, 3.8) is 0 Å². The molecule has 3 aromatic rings. The van der Waals surface area contributed by atoms with E-state index in [1.807, 2.05) is 61.7 Å². The summed E-state index contributed by atoms with van der Waals surface area (Å²) in [5, 5.41) is 5.26. The molecule has 148 valence electrons. The van der Waals surface area contributed by atoms with Crippen molar-refractivity contribution in [1.29, 1.82) is 0 Å². The number of nitrogens with one attached hydrogen (secondary N) is 1. The number of aromatic amines is 1. The molecule has 29 heavy (non-hydrogen) atoms. The van der Waals surface area contributed by atoms with Crippen molar-refractivity contribution in [1.82, 2.24) is 10.1 Å². The van der Waals surface area contributed by atoms with Crippen molar-refractivity contribution in [2.75, 3.05) is 16.9 Å². The lowest BCUT2D eigenvalue weighted by Gasteiger charge is -2.31. The Balaban J connectivity index is 2.03. The van der Waals surface area contributed by atoms with Crippen LogP contribution in [0, 0.1) is 0 Å². The third-order valence-electron chi connectivity index (χ3n) is 4.79. The number of rotatable bonds is 4. The minimum atomic E-state index is -0.535. The predicted octanol–water partition coefficient (Wildman–Crippen LogP) is 3.47. The minimum Gasteiger partial charge on any atom is -0.291 e. The second kappa shape index (κ2) is 8.04. The van der Waals surface area contributed by atoms with Gasteiger partial charge in [0.2, 0.25) is 11.1 Å². The molecule has 1 unspecified atom stereocenters. The highest BCUT2D eigenvalue weighted by Gasteiger charge is 2.44. The van der Waals surface area contributed by atoms with E-state index in [2.05, 4.69) is 4.98 Å². The van der Waals surface area contributed by atoms with E-state index in [0.717, 1.165) is 16.2 Å². The van der Waals surface area contributed by atoms with Gasteiger partial charge in [-0.2, -0.15) is 0 Å². The number of nitrogens with zero attached hydrogens (tertiary/aromatic N) is 3. The molecule has 0 fully saturated rings. The Morgan fingerprint density at radius 2 is 1.93 bits per heavy atom. The van der Waals surface area contributed by atoms with Crippen molar-refractivity contribution >= 4 is 35.1 Å². The Hall–Kier alpha value is -2.58. The van der Waals surface area contributed by atoms with Gasteiger partial charge in [-0.3, -0.25) is 14.6 Å².